The van der Waals surface area contributed by atoms with Crippen molar-refractivity contribution in [2.45, 2.75) is 32.7 Å². The molecule has 128 valence electrons. The average Bonchev–Trinajstić information content (AvgIpc) is 2.53. The van der Waals surface area contributed by atoms with Crippen LogP contribution in [0.5, 0.6) is 11.5 Å². The molecule has 23 heavy (non-hydrogen) atoms. The summed E-state index contributed by atoms with van der Waals surface area (Å²) in [4.78, 5) is 12.4. The van der Waals surface area contributed by atoms with Gasteiger partial charge in [0.05, 0.1) is 18.7 Å². The minimum Gasteiger partial charge on any atom is -0.493 e. The molecule has 6 heteroatoms. The third-order valence-electron chi connectivity index (χ3n) is 3.68. The topological polar surface area (TPSA) is 59.6 Å². The molecule has 0 radical (unpaired) electrons. The summed E-state index contributed by atoms with van der Waals surface area (Å²) in [6, 6.07) is 3.45. The Morgan fingerprint density at radius 3 is 2.87 bits per heavy atom. The lowest BCUT2D eigenvalue weighted by molar-refractivity contribution is 0.0930. The van der Waals surface area contributed by atoms with E-state index in [0.717, 1.165) is 25.9 Å². The molecule has 1 amide bonds. The first-order chi connectivity index (χ1) is 11.0. The highest BCUT2D eigenvalue weighted by molar-refractivity contribution is 6.32. The van der Waals surface area contributed by atoms with E-state index in [0.29, 0.717) is 34.6 Å². The molecule has 5 nitrogen and oxygen atoms in total. The predicted molar refractivity (Wildman–Crippen MR) is 91.7 cm³/mol. The zero-order valence-corrected chi connectivity index (χ0v) is 14.7. The number of ether oxygens (including phenoxy) is 2. The van der Waals surface area contributed by atoms with Gasteiger partial charge in [-0.05, 0) is 37.4 Å². The Balaban J connectivity index is 2.12. The molecule has 1 atom stereocenters. The molecular weight excluding hydrogens is 316 g/mol. The molecule has 1 aliphatic heterocycles. The fourth-order valence-corrected chi connectivity index (χ4v) is 2.75. The molecule has 0 saturated carbocycles. The van der Waals surface area contributed by atoms with E-state index >= 15 is 0 Å². The van der Waals surface area contributed by atoms with Crippen LogP contribution in [0, 0.1) is 5.92 Å². The minimum atomic E-state index is -0.144. The molecule has 0 aliphatic carbocycles. The first-order valence-corrected chi connectivity index (χ1v) is 8.41. The van der Waals surface area contributed by atoms with Crippen LogP contribution in [0.25, 0.3) is 0 Å². The minimum absolute atomic E-state index is 0.144. The number of carbonyl (C=O) groups excluding carboxylic acids is 1. The SMILES string of the molecule is COc1cc(C(=O)N[C@H]2CCCNC2)cc(Cl)c1OCC(C)C. The monoisotopic (exact) mass is 340 g/mol. The Morgan fingerprint density at radius 2 is 2.26 bits per heavy atom. The summed E-state index contributed by atoms with van der Waals surface area (Å²) >= 11 is 6.29. The maximum absolute atomic E-state index is 12.4. The highest BCUT2D eigenvalue weighted by Crippen LogP contribution is 2.36. The summed E-state index contributed by atoms with van der Waals surface area (Å²) in [6.45, 7) is 6.45. The van der Waals surface area contributed by atoms with Crippen molar-refractivity contribution in [2.75, 3.05) is 26.8 Å². The molecule has 0 bridgehead atoms. The number of nitrogens with one attached hydrogen (secondary N) is 2. The van der Waals surface area contributed by atoms with Gasteiger partial charge < -0.3 is 20.1 Å². The number of hydrogen-bond donors (Lipinski definition) is 2. The average molecular weight is 341 g/mol. The second kappa shape index (κ2) is 8.41. The third kappa shape index (κ3) is 5.01. The van der Waals surface area contributed by atoms with E-state index in [1.807, 2.05) is 0 Å². The van der Waals surface area contributed by atoms with E-state index in [2.05, 4.69) is 24.5 Å². The van der Waals surface area contributed by atoms with Gasteiger partial charge in [-0.1, -0.05) is 25.4 Å². The highest BCUT2D eigenvalue weighted by Gasteiger charge is 2.20. The van der Waals surface area contributed by atoms with Crippen molar-refractivity contribution in [3.63, 3.8) is 0 Å². The van der Waals surface area contributed by atoms with Gasteiger partial charge in [-0.25, -0.2) is 0 Å². The maximum atomic E-state index is 12.4. The van der Waals surface area contributed by atoms with E-state index in [1.54, 1.807) is 19.2 Å². The Morgan fingerprint density at radius 1 is 1.48 bits per heavy atom. The molecule has 0 aromatic heterocycles. The van der Waals surface area contributed by atoms with Gasteiger partial charge in [0, 0.05) is 18.2 Å². The molecule has 1 fully saturated rings. The zero-order chi connectivity index (χ0) is 16.8. The Hall–Kier alpha value is -1.46. The smallest absolute Gasteiger partial charge is 0.251 e. The van der Waals surface area contributed by atoms with Gasteiger partial charge in [0.25, 0.3) is 5.91 Å². The van der Waals surface area contributed by atoms with Gasteiger partial charge in [0.2, 0.25) is 0 Å². The summed E-state index contributed by atoms with van der Waals surface area (Å²) in [7, 11) is 1.54. The van der Waals surface area contributed by atoms with Crippen LogP contribution in [-0.2, 0) is 0 Å². The fourth-order valence-electron chi connectivity index (χ4n) is 2.48. The number of carbonyl (C=O) groups is 1. The van der Waals surface area contributed by atoms with Crippen molar-refractivity contribution in [1.29, 1.82) is 0 Å². The van der Waals surface area contributed by atoms with Crippen molar-refractivity contribution < 1.29 is 14.3 Å². The predicted octanol–water partition coefficient (Wildman–Crippen LogP) is 2.87. The van der Waals surface area contributed by atoms with E-state index in [-0.39, 0.29) is 11.9 Å². The Bertz CT molecular complexity index is 543. The van der Waals surface area contributed by atoms with Crippen LogP contribution in [0.3, 0.4) is 0 Å². The number of hydrogen-bond acceptors (Lipinski definition) is 4. The van der Waals surface area contributed by atoms with Gasteiger partial charge in [-0.15, -0.1) is 0 Å². The second-order valence-corrected chi connectivity index (χ2v) is 6.62. The van der Waals surface area contributed by atoms with E-state index in [1.165, 1.54) is 0 Å². The van der Waals surface area contributed by atoms with Crippen molar-refractivity contribution >= 4 is 17.5 Å². The molecule has 1 aromatic rings. The number of benzene rings is 1. The summed E-state index contributed by atoms with van der Waals surface area (Å²) in [5.74, 6) is 1.19. The van der Waals surface area contributed by atoms with Gasteiger partial charge in [-0.3, -0.25) is 4.79 Å². The highest BCUT2D eigenvalue weighted by atomic mass is 35.5. The van der Waals surface area contributed by atoms with Crippen LogP contribution in [0.2, 0.25) is 5.02 Å². The summed E-state index contributed by atoms with van der Waals surface area (Å²) in [6.07, 6.45) is 2.05. The molecule has 1 heterocycles. The van der Waals surface area contributed by atoms with Crippen molar-refractivity contribution in [2.24, 2.45) is 5.92 Å². The number of rotatable bonds is 6. The zero-order valence-electron chi connectivity index (χ0n) is 13.9. The first-order valence-electron chi connectivity index (χ1n) is 8.03. The van der Waals surface area contributed by atoms with E-state index < -0.39 is 0 Å². The number of piperidine rings is 1. The van der Waals surface area contributed by atoms with Crippen LogP contribution >= 0.6 is 11.6 Å². The normalized spacial score (nSPS) is 17.9. The molecule has 2 N–H and O–H groups in total. The second-order valence-electron chi connectivity index (χ2n) is 6.21. The van der Waals surface area contributed by atoms with Crippen molar-refractivity contribution in [3.8, 4) is 11.5 Å². The quantitative estimate of drug-likeness (QED) is 0.836. The number of methoxy groups -OCH3 is 1. The first kappa shape index (κ1) is 17.9. The molecule has 1 saturated heterocycles. The van der Waals surface area contributed by atoms with Crippen LogP contribution in [0.4, 0.5) is 0 Å². The number of amides is 1. The van der Waals surface area contributed by atoms with Crippen LogP contribution in [0.1, 0.15) is 37.0 Å². The summed E-state index contributed by atoms with van der Waals surface area (Å²) < 4.78 is 11.0. The van der Waals surface area contributed by atoms with Gasteiger partial charge in [0.1, 0.15) is 0 Å². The van der Waals surface area contributed by atoms with Crippen molar-refractivity contribution in [3.05, 3.63) is 22.7 Å². The Labute approximate surface area is 142 Å². The summed E-state index contributed by atoms with van der Waals surface area (Å²) in [5.41, 5.74) is 0.481. The molecule has 1 aromatic carbocycles. The van der Waals surface area contributed by atoms with Gasteiger partial charge in [0.15, 0.2) is 11.5 Å². The number of halogens is 1. The van der Waals surface area contributed by atoms with Crippen molar-refractivity contribution in [1.82, 2.24) is 10.6 Å². The Kier molecular flexibility index (Phi) is 6.54. The third-order valence-corrected chi connectivity index (χ3v) is 3.97. The summed E-state index contributed by atoms with van der Waals surface area (Å²) in [5, 5.41) is 6.69. The molecular formula is C17H25ClN2O3. The lowest BCUT2D eigenvalue weighted by atomic mass is 10.1. The van der Waals surface area contributed by atoms with Crippen LogP contribution < -0.4 is 20.1 Å². The van der Waals surface area contributed by atoms with Gasteiger partial charge >= 0.3 is 0 Å². The standard InChI is InChI=1S/C17H25ClN2O3/c1-11(2)10-23-16-14(18)7-12(8-15(16)22-3)17(21)20-13-5-4-6-19-9-13/h7-8,11,13,19H,4-6,9-10H2,1-3H3,(H,20,21)/t13-/m0/s1. The molecule has 0 spiro atoms. The lowest BCUT2D eigenvalue weighted by Gasteiger charge is -2.24. The maximum Gasteiger partial charge on any atom is 0.251 e. The van der Waals surface area contributed by atoms with E-state index in [9.17, 15) is 4.79 Å². The molecule has 1 aliphatic rings. The largest absolute Gasteiger partial charge is 0.493 e. The molecule has 2 rings (SSSR count). The van der Waals surface area contributed by atoms with Crippen LogP contribution in [0.15, 0.2) is 12.1 Å². The van der Waals surface area contributed by atoms with Gasteiger partial charge in [-0.2, -0.15) is 0 Å². The van der Waals surface area contributed by atoms with E-state index in [4.69, 9.17) is 21.1 Å². The molecule has 0 unspecified atom stereocenters. The fraction of sp³-hybridized carbons (Fsp3) is 0.588. The lowest BCUT2D eigenvalue weighted by Crippen LogP contribution is -2.45. The van der Waals surface area contributed by atoms with Crippen LogP contribution in [-0.4, -0.2) is 38.8 Å².